The van der Waals surface area contributed by atoms with Gasteiger partial charge in [-0.2, -0.15) is 0 Å². The van der Waals surface area contributed by atoms with Crippen molar-refractivity contribution < 1.29 is 9.53 Å². The number of carbonyl (C=O) groups is 1. The fraction of sp³-hybridized carbons (Fsp3) is 0.211. The molecule has 2 aromatic carbocycles. The minimum Gasteiger partial charge on any atom is -0.495 e. The summed E-state index contributed by atoms with van der Waals surface area (Å²) in [4.78, 5) is 12.3. The molecular weight excluding hydrogens is 348 g/mol. The first-order valence-electron chi connectivity index (χ1n) is 8.11. The number of anilines is 1. The molecule has 134 valence electrons. The second-order valence-electron chi connectivity index (χ2n) is 5.72. The average Bonchev–Trinajstić information content (AvgIpc) is 3.01. The van der Waals surface area contributed by atoms with Crippen molar-refractivity contribution in [2.24, 2.45) is 7.05 Å². The van der Waals surface area contributed by atoms with Gasteiger partial charge >= 0.3 is 0 Å². The number of hydrogen-bond donors (Lipinski definition) is 1. The summed E-state index contributed by atoms with van der Waals surface area (Å²) in [5.41, 5.74) is 2.82. The molecule has 1 aromatic heterocycles. The number of nitrogens with zero attached hydrogens (tertiary/aromatic N) is 3. The lowest BCUT2D eigenvalue weighted by molar-refractivity contribution is -0.113. The monoisotopic (exact) mass is 368 g/mol. The number of methoxy groups -OCH3 is 1. The summed E-state index contributed by atoms with van der Waals surface area (Å²) < 4.78 is 7.15. The molecular formula is C19H20N4O2S. The largest absolute Gasteiger partial charge is 0.495 e. The number of amides is 1. The Balaban J connectivity index is 1.67. The van der Waals surface area contributed by atoms with Gasteiger partial charge in [0.2, 0.25) is 5.91 Å². The van der Waals surface area contributed by atoms with Gasteiger partial charge < -0.3 is 14.6 Å². The molecule has 0 fully saturated rings. The molecule has 1 N–H and O–H groups in total. The third-order valence-corrected chi connectivity index (χ3v) is 4.95. The van der Waals surface area contributed by atoms with Crippen molar-refractivity contribution in [2.75, 3.05) is 18.2 Å². The average molecular weight is 368 g/mol. The predicted molar refractivity (Wildman–Crippen MR) is 104 cm³/mol. The van der Waals surface area contributed by atoms with Crippen LogP contribution in [0, 0.1) is 6.92 Å². The summed E-state index contributed by atoms with van der Waals surface area (Å²) in [5, 5.41) is 12.0. The first-order valence-corrected chi connectivity index (χ1v) is 9.09. The van der Waals surface area contributed by atoms with Crippen molar-refractivity contribution in [1.29, 1.82) is 0 Å². The lowest BCUT2D eigenvalue weighted by atomic mass is 10.1. The van der Waals surface area contributed by atoms with E-state index in [0.29, 0.717) is 16.6 Å². The van der Waals surface area contributed by atoms with E-state index in [4.69, 9.17) is 4.74 Å². The van der Waals surface area contributed by atoms with Gasteiger partial charge in [-0.05, 0) is 24.6 Å². The van der Waals surface area contributed by atoms with Crippen molar-refractivity contribution in [3.8, 4) is 17.1 Å². The highest BCUT2D eigenvalue weighted by atomic mass is 32.2. The summed E-state index contributed by atoms with van der Waals surface area (Å²) in [7, 11) is 3.48. The maximum absolute atomic E-state index is 12.3. The SMILES string of the molecule is COc1ccccc1NC(=O)CSc1nnc(-c2ccccc2C)n1C. The van der Waals surface area contributed by atoms with Gasteiger partial charge in [0.15, 0.2) is 11.0 Å². The first-order chi connectivity index (χ1) is 12.6. The fourth-order valence-corrected chi connectivity index (χ4v) is 3.27. The van der Waals surface area contributed by atoms with Crippen molar-refractivity contribution in [3.63, 3.8) is 0 Å². The Bertz CT molecular complexity index is 923. The number of thioether (sulfide) groups is 1. The van der Waals surface area contributed by atoms with Gasteiger partial charge in [-0.15, -0.1) is 10.2 Å². The molecule has 0 spiro atoms. The smallest absolute Gasteiger partial charge is 0.234 e. The molecule has 0 bridgehead atoms. The topological polar surface area (TPSA) is 69.0 Å². The molecule has 0 aliphatic rings. The van der Waals surface area contributed by atoms with Crippen LogP contribution in [0.1, 0.15) is 5.56 Å². The molecule has 0 unspecified atom stereocenters. The van der Waals surface area contributed by atoms with E-state index in [2.05, 4.69) is 15.5 Å². The number of rotatable bonds is 6. The van der Waals surface area contributed by atoms with Crippen LogP contribution in [-0.4, -0.2) is 33.5 Å². The molecule has 0 aliphatic heterocycles. The number of ether oxygens (including phenoxy) is 1. The fourth-order valence-electron chi connectivity index (χ4n) is 2.56. The molecule has 0 radical (unpaired) electrons. The lowest BCUT2D eigenvalue weighted by Crippen LogP contribution is -2.15. The van der Waals surface area contributed by atoms with Crippen LogP contribution >= 0.6 is 11.8 Å². The summed E-state index contributed by atoms with van der Waals surface area (Å²) in [6, 6.07) is 15.3. The first kappa shape index (κ1) is 18.0. The van der Waals surface area contributed by atoms with Crippen LogP contribution in [0.4, 0.5) is 5.69 Å². The van der Waals surface area contributed by atoms with Gasteiger partial charge in [0, 0.05) is 12.6 Å². The van der Waals surface area contributed by atoms with Crippen molar-refractivity contribution >= 4 is 23.4 Å². The van der Waals surface area contributed by atoms with Gasteiger partial charge in [-0.3, -0.25) is 4.79 Å². The van der Waals surface area contributed by atoms with Crippen LogP contribution < -0.4 is 10.1 Å². The van der Waals surface area contributed by atoms with Gasteiger partial charge in [-0.1, -0.05) is 48.2 Å². The zero-order valence-electron chi connectivity index (χ0n) is 14.9. The van der Waals surface area contributed by atoms with Crippen molar-refractivity contribution in [2.45, 2.75) is 12.1 Å². The second-order valence-corrected chi connectivity index (χ2v) is 6.66. The van der Waals surface area contributed by atoms with Crippen molar-refractivity contribution in [1.82, 2.24) is 14.8 Å². The predicted octanol–water partition coefficient (Wildman–Crippen LogP) is 3.53. The number of aromatic nitrogens is 3. The Morgan fingerprint density at radius 1 is 1.15 bits per heavy atom. The minimum absolute atomic E-state index is 0.125. The van der Waals surface area contributed by atoms with Crippen LogP contribution in [0.5, 0.6) is 5.75 Å². The molecule has 0 saturated carbocycles. The molecule has 3 aromatic rings. The lowest BCUT2D eigenvalue weighted by Gasteiger charge is -2.09. The molecule has 0 atom stereocenters. The zero-order valence-corrected chi connectivity index (χ0v) is 15.7. The van der Waals surface area contributed by atoms with E-state index in [1.54, 1.807) is 19.2 Å². The number of carbonyl (C=O) groups excluding carboxylic acids is 1. The van der Waals surface area contributed by atoms with Gasteiger partial charge in [0.25, 0.3) is 0 Å². The van der Waals surface area contributed by atoms with Crippen LogP contribution in [0.15, 0.2) is 53.7 Å². The van der Waals surface area contributed by atoms with E-state index in [9.17, 15) is 4.79 Å². The van der Waals surface area contributed by atoms with E-state index in [1.807, 2.05) is 54.9 Å². The van der Waals surface area contributed by atoms with Crippen molar-refractivity contribution in [3.05, 3.63) is 54.1 Å². The highest BCUT2D eigenvalue weighted by molar-refractivity contribution is 7.99. The standard InChI is InChI=1S/C19H20N4O2S/c1-13-8-4-5-9-14(13)18-21-22-19(23(18)2)26-12-17(24)20-15-10-6-7-11-16(15)25-3/h4-11H,12H2,1-3H3,(H,20,24). The maximum Gasteiger partial charge on any atom is 0.234 e. The Morgan fingerprint density at radius 3 is 2.65 bits per heavy atom. The molecule has 3 rings (SSSR count). The summed E-state index contributed by atoms with van der Waals surface area (Å²) in [6.45, 7) is 2.04. The Morgan fingerprint density at radius 2 is 1.88 bits per heavy atom. The Labute approximate surface area is 156 Å². The van der Waals surface area contributed by atoms with Crippen LogP contribution in [0.25, 0.3) is 11.4 Å². The minimum atomic E-state index is -0.125. The summed E-state index contributed by atoms with van der Waals surface area (Å²) in [6.07, 6.45) is 0. The third kappa shape index (κ3) is 3.88. The molecule has 7 heteroatoms. The molecule has 0 aliphatic carbocycles. The Hall–Kier alpha value is -2.80. The second kappa shape index (κ2) is 8.05. The number of nitrogens with one attached hydrogen (secondary N) is 1. The highest BCUT2D eigenvalue weighted by Crippen LogP contribution is 2.26. The van der Waals surface area contributed by atoms with E-state index < -0.39 is 0 Å². The van der Waals surface area contributed by atoms with Crippen LogP contribution in [0.2, 0.25) is 0 Å². The maximum atomic E-state index is 12.3. The Kier molecular flexibility index (Phi) is 5.58. The molecule has 26 heavy (non-hydrogen) atoms. The number of para-hydroxylation sites is 2. The van der Waals surface area contributed by atoms with Gasteiger partial charge in [0.1, 0.15) is 5.75 Å². The summed E-state index contributed by atoms with van der Waals surface area (Å²) in [5.74, 6) is 1.53. The van der Waals surface area contributed by atoms with E-state index >= 15 is 0 Å². The number of hydrogen-bond acceptors (Lipinski definition) is 5. The van der Waals surface area contributed by atoms with Crippen LogP contribution in [0.3, 0.4) is 0 Å². The third-order valence-electron chi connectivity index (χ3n) is 3.93. The quantitative estimate of drug-likeness (QED) is 0.674. The molecule has 1 amide bonds. The number of benzene rings is 2. The van der Waals surface area contributed by atoms with E-state index in [1.165, 1.54) is 11.8 Å². The normalized spacial score (nSPS) is 10.6. The highest BCUT2D eigenvalue weighted by Gasteiger charge is 2.14. The van der Waals surface area contributed by atoms with Gasteiger partial charge in [-0.25, -0.2) is 0 Å². The molecule has 6 nitrogen and oxygen atoms in total. The zero-order chi connectivity index (χ0) is 18.5. The van der Waals surface area contributed by atoms with E-state index in [-0.39, 0.29) is 11.7 Å². The summed E-state index contributed by atoms with van der Waals surface area (Å²) >= 11 is 1.35. The van der Waals surface area contributed by atoms with Crippen LogP contribution in [-0.2, 0) is 11.8 Å². The molecule has 1 heterocycles. The molecule has 0 saturated heterocycles. The van der Waals surface area contributed by atoms with E-state index in [0.717, 1.165) is 17.0 Å². The van der Waals surface area contributed by atoms with Gasteiger partial charge in [0.05, 0.1) is 18.6 Å². The number of aryl methyl sites for hydroxylation is 1.